The highest BCUT2D eigenvalue weighted by molar-refractivity contribution is 7.13. The lowest BCUT2D eigenvalue weighted by Crippen LogP contribution is -2.48. The van der Waals surface area contributed by atoms with E-state index in [1.165, 1.54) is 19.3 Å². The number of thiophene rings is 1. The van der Waals surface area contributed by atoms with Gasteiger partial charge in [-0.3, -0.25) is 4.90 Å². The van der Waals surface area contributed by atoms with Crippen LogP contribution in [0.5, 0.6) is 0 Å². The van der Waals surface area contributed by atoms with Crippen LogP contribution in [-0.4, -0.2) is 28.7 Å². The summed E-state index contributed by atoms with van der Waals surface area (Å²) in [5.74, 6) is 0.865. The zero-order chi connectivity index (χ0) is 13.9. The van der Waals surface area contributed by atoms with Gasteiger partial charge in [-0.25, -0.2) is 0 Å². The Bertz CT molecular complexity index is 537. The Morgan fingerprint density at radius 1 is 1.50 bits per heavy atom. The predicted molar refractivity (Wildman–Crippen MR) is 81.5 cm³/mol. The van der Waals surface area contributed by atoms with Crippen molar-refractivity contribution in [3.63, 3.8) is 0 Å². The van der Waals surface area contributed by atoms with Crippen molar-refractivity contribution < 1.29 is 4.52 Å². The summed E-state index contributed by atoms with van der Waals surface area (Å²) in [4.78, 5) is 3.60. The van der Waals surface area contributed by atoms with E-state index in [0.29, 0.717) is 12.1 Å². The predicted octanol–water partition coefficient (Wildman–Crippen LogP) is 3.10. The second-order valence-electron chi connectivity index (χ2n) is 5.50. The quantitative estimate of drug-likeness (QED) is 0.940. The molecule has 0 saturated carbocycles. The van der Waals surface area contributed by atoms with Crippen LogP contribution >= 0.6 is 11.3 Å². The van der Waals surface area contributed by atoms with Crippen molar-refractivity contribution in [2.75, 3.05) is 6.54 Å². The number of nitrogens with two attached hydrogens (primary N) is 1. The van der Waals surface area contributed by atoms with E-state index in [9.17, 15) is 0 Å². The van der Waals surface area contributed by atoms with Gasteiger partial charge in [0.15, 0.2) is 5.76 Å². The Morgan fingerprint density at radius 3 is 3.15 bits per heavy atom. The Labute approximate surface area is 123 Å². The Balaban J connectivity index is 1.73. The average molecular weight is 291 g/mol. The van der Waals surface area contributed by atoms with Crippen molar-refractivity contribution in [2.24, 2.45) is 5.73 Å². The molecule has 1 aliphatic heterocycles. The molecular formula is C15H21N3OS. The van der Waals surface area contributed by atoms with E-state index >= 15 is 0 Å². The molecule has 5 heteroatoms. The van der Waals surface area contributed by atoms with Gasteiger partial charge in [-0.2, -0.15) is 0 Å². The molecule has 0 radical (unpaired) electrons. The van der Waals surface area contributed by atoms with Gasteiger partial charge in [0.2, 0.25) is 0 Å². The second kappa shape index (κ2) is 6.08. The first-order valence-corrected chi connectivity index (χ1v) is 8.11. The molecule has 2 aromatic rings. The van der Waals surface area contributed by atoms with Crippen LogP contribution < -0.4 is 5.73 Å². The highest BCUT2D eigenvalue weighted by atomic mass is 32.1. The van der Waals surface area contributed by atoms with Gasteiger partial charge < -0.3 is 10.3 Å². The van der Waals surface area contributed by atoms with Crippen LogP contribution in [0.1, 0.15) is 31.9 Å². The molecule has 20 heavy (non-hydrogen) atoms. The third-order valence-electron chi connectivity index (χ3n) is 4.13. The number of rotatable bonds is 4. The third kappa shape index (κ3) is 2.80. The van der Waals surface area contributed by atoms with Gasteiger partial charge in [0.05, 0.1) is 10.6 Å². The molecular weight excluding hydrogens is 270 g/mol. The summed E-state index contributed by atoms with van der Waals surface area (Å²) in [6.45, 7) is 3.83. The SMILES string of the molecule is CC1CCCC(CN)N1Cc1cc(-c2cccs2)on1. The molecule has 2 N–H and O–H groups in total. The van der Waals surface area contributed by atoms with Gasteiger partial charge in [0.25, 0.3) is 0 Å². The number of hydrogen-bond donors (Lipinski definition) is 1. The number of aromatic nitrogens is 1. The van der Waals surface area contributed by atoms with E-state index < -0.39 is 0 Å². The molecule has 4 nitrogen and oxygen atoms in total. The first-order valence-electron chi connectivity index (χ1n) is 7.23. The molecule has 0 spiro atoms. The number of nitrogens with zero attached hydrogens (tertiary/aromatic N) is 2. The fraction of sp³-hybridized carbons (Fsp3) is 0.533. The largest absolute Gasteiger partial charge is 0.355 e. The van der Waals surface area contributed by atoms with Crippen LogP contribution in [0.25, 0.3) is 10.6 Å². The van der Waals surface area contributed by atoms with Crippen molar-refractivity contribution in [3.8, 4) is 10.6 Å². The minimum atomic E-state index is 0.473. The Morgan fingerprint density at radius 2 is 2.40 bits per heavy atom. The average Bonchev–Trinajstić information content (AvgIpc) is 3.11. The summed E-state index contributed by atoms with van der Waals surface area (Å²) in [7, 11) is 0. The molecule has 1 aliphatic rings. The maximum Gasteiger partial charge on any atom is 0.177 e. The highest BCUT2D eigenvalue weighted by Gasteiger charge is 2.27. The van der Waals surface area contributed by atoms with E-state index in [4.69, 9.17) is 10.3 Å². The minimum absolute atomic E-state index is 0.473. The van der Waals surface area contributed by atoms with Crippen molar-refractivity contribution >= 4 is 11.3 Å². The summed E-state index contributed by atoms with van der Waals surface area (Å²) in [5.41, 5.74) is 6.91. The first-order chi connectivity index (χ1) is 9.78. The van der Waals surface area contributed by atoms with Gasteiger partial charge >= 0.3 is 0 Å². The molecule has 2 aromatic heterocycles. The van der Waals surface area contributed by atoms with Gasteiger partial charge in [-0.15, -0.1) is 11.3 Å². The summed E-state index contributed by atoms with van der Waals surface area (Å²) in [6, 6.07) is 7.18. The van der Waals surface area contributed by atoms with Gasteiger partial charge in [0.1, 0.15) is 0 Å². The molecule has 0 aliphatic carbocycles. The molecule has 1 fully saturated rings. The van der Waals surface area contributed by atoms with Crippen LogP contribution in [-0.2, 0) is 6.54 Å². The van der Waals surface area contributed by atoms with Gasteiger partial charge in [-0.05, 0) is 31.2 Å². The molecule has 2 unspecified atom stereocenters. The molecule has 108 valence electrons. The fourth-order valence-corrected chi connectivity index (χ4v) is 3.66. The van der Waals surface area contributed by atoms with E-state index in [1.54, 1.807) is 11.3 Å². The monoisotopic (exact) mass is 291 g/mol. The van der Waals surface area contributed by atoms with E-state index in [1.807, 2.05) is 6.07 Å². The standard InChI is InChI=1S/C15H21N3OS/c1-11-4-2-5-13(9-16)18(11)10-12-8-14(19-17-12)15-6-3-7-20-15/h3,6-8,11,13H,2,4-5,9-10,16H2,1H3. The summed E-state index contributed by atoms with van der Waals surface area (Å²) in [5, 5.41) is 6.27. The highest BCUT2D eigenvalue weighted by Crippen LogP contribution is 2.28. The minimum Gasteiger partial charge on any atom is -0.355 e. The zero-order valence-electron chi connectivity index (χ0n) is 11.8. The van der Waals surface area contributed by atoms with Gasteiger partial charge in [0, 0.05) is 31.2 Å². The maximum atomic E-state index is 5.91. The van der Waals surface area contributed by atoms with Crippen molar-refractivity contribution in [3.05, 3.63) is 29.3 Å². The normalized spacial score (nSPS) is 24.1. The number of piperidine rings is 1. The van der Waals surface area contributed by atoms with E-state index in [0.717, 1.165) is 29.4 Å². The molecule has 0 amide bonds. The third-order valence-corrected chi connectivity index (χ3v) is 5.02. The molecule has 3 heterocycles. The molecule has 0 aromatic carbocycles. The zero-order valence-corrected chi connectivity index (χ0v) is 12.6. The first kappa shape index (κ1) is 13.8. The summed E-state index contributed by atoms with van der Waals surface area (Å²) in [6.07, 6.45) is 3.71. The van der Waals surface area contributed by atoms with Crippen LogP contribution in [0.4, 0.5) is 0 Å². The Kier molecular flexibility index (Phi) is 4.19. The Hall–Kier alpha value is -1.17. The topological polar surface area (TPSA) is 55.3 Å². The molecule has 2 atom stereocenters. The molecule has 3 rings (SSSR count). The van der Waals surface area contributed by atoms with Crippen molar-refractivity contribution in [2.45, 2.75) is 44.8 Å². The van der Waals surface area contributed by atoms with Crippen LogP contribution in [0.15, 0.2) is 28.1 Å². The van der Waals surface area contributed by atoms with Crippen LogP contribution in [0.2, 0.25) is 0 Å². The van der Waals surface area contributed by atoms with Crippen molar-refractivity contribution in [1.82, 2.24) is 10.1 Å². The van der Waals surface area contributed by atoms with Gasteiger partial charge in [-0.1, -0.05) is 17.6 Å². The fourth-order valence-electron chi connectivity index (χ4n) is 2.99. The van der Waals surface area contributed by atoms with E-state index in [2.05, 4.69) is 34.5 Å². The number of likely N-dealkylation sites (tertiary alicyclic amines) is 1. The summed E-state index contributed by atoms with van der Waals surface area (Å²) < 4.78 is 5.46. The smallest absolute Gasteiger partial charge is 0.177 e. The molecule has 0 bridgehead atoms. The van der Waals surface area contributed by atoms with Crippen molar-refractivity contribution in [1.29, 1.82) is 0 Å². The second-order valence-corrected chi connectivity index (χ2v) is 6.45. The molecule has 1 saturated heterocycles. The lowest BCUT2D eigenvalue weighted by Gasteiger charge is -2.39. The van der Waals surface area contributed by atoms with Crippen LogP contribution in [0, 0.1) is 0 Å². The van der Waals surface area contributed by atoms with E-state index in [-0.39, 0.29) is 0 Å². The lowest BCUT2D eigenvalue weighted by atomic mass is 9.96. The number of hydrogen-bond acceptors (Lipinski definition) is 5. The lowest BCUT2D eigenvalue weighted by molar-refractivity contribution is 0.0866. The summed E-state index contributed by atoms with van der Waals surface area (Å²) >= 11 is 1.67. The maximum absolute atomic E-state index is 5.91. The van der Waals surface area contributed by atoms with Crippen LogP contribution in [0.3, 0.4) is 0 Å².